The van der Waals surface area contributed by atoms with Gasteiger partial charge >= 0.3 is 0 Å². The lowest BCUT2D eigenvalue weighted by atomic mass is 9.88. The summed E-state index contributed by atoms with van der Waals surface area (Å²) in [5.74, 6) is 0. The van der Waals surface area contributed by atoms with Crippen LogP contribution in [0, 0.1) is 5.41 Å². The van der Waals surface area contributed by atoms with Gasteiger partial charge in [0.05, 0.1) is 0 Å². The minimum Gasteiger partial charge on any atom is -0.0881 e. The molecule has 0 nitrogen and oxygen atoms in total. The van der Waals surface area contributed by atoms with Gasteiger partial charge in [-0.2, -0.15) is 0 Å². The van der Waals surface area contributed by atoms with Crippen LogP contribution < -0.4 is 0 Å². The molecule has 78 valence electrons. The third kappa shape index (κ3) is 3.29. The largest absolute Gasteiger partial charge is 0.0881 e. The Hall–Kier alpha value is -0.0100. The van der Waals surface area contributed by atoms with E-state index < -0.39 is 0 Å². The SMILES string of the molecule is CC(C)(C)C(Br)Cc1ccccc1Cl. The molecule has 1 aromatic carbocycles. The predicted molar refractivity (Wildman–Crippen MR) is 67.3 cm³/mol. The molecule has 0 aliphatic carbocycles. The first-order valence-electron chi connectivity index (χ1n) is 4.79. The summed E-state index contributed by atoms with van der Waals surface area (Å²) in [7, 11) is 0. The van der Waals surface area contributed by atoms with E-state index in [9.17, 15) is 0 Å². The third-order valence-electron chi connectivity index (χ3n) is 2.30. The van der Waals surface area contributed by atoms with E-state index >= 15 is 0 Å². The van der Waals surface area contributed by atoms with Crippen LogP contribution in [0.4, 0.5) is 0 Å². The van der Waals surface area contributed by atoms with Crippen molar-refractivity contribution in [2.75, 3.05) is 0 Å². The van der Waals surface area contributed by atoms with E-state index in [1.807, 2.05) is 18.2 Å². The maximum Gasteiger partial charge on any atom is 0.0438 e. The molecule has 1 rings (SSSR count). The van der Waals surface area contributed by atoms with Crippen molar-refractivity contribution in [1.82, 2.24) is 0 Å². The smallest absolute Gasteiger partial charge is 0.0438 e. The molecule has 0 aliphatic rings. The van der Waals surface area contributed by atoms with Gasteiger partial charge in [-0.3, -0.25) is 0 Å². The van der Waals surface area contributed by atoms with E-state index in [-0.39, 0.29) is 5.41 Å². The summed E-state index contributed by atoms with van der Waals surface area (Å²) in [4.78, 5) is 0.454. The fourth-order valence-corrected chi connectivity index (χ4v) is 1.72. The Kier molecular flexibility index (Phi) is 4.03. The van der Waals surface area contributed by atoms with Crippen molar-refractivity contribution in [3.8, 4) is 0 Å². The van der Waals surface area contributed by atoms with Gasteiger partial charge in [0.1, 0.15) is 0 Å². The molecule has 0 aromatic heterocycles. The summed E-state index contributed by atoms with van der Waals surface area (Å²) >= 11 is 9.81. The number of rotatable bonds is 2. The zero-order chi connectivity index (χ0) is 10.8. The van der Waals surface area contributed by atoms with Crippen LogP contribution in [-0.2, 0) is 6.42 Å². The van der Waals surface area contributed by atoms with Gasteiger partial charge in [0, 0.05) is 9.85 Å². The lowest BCUT2D eigenvalue weighted by Gasteiger charge is -2.25. The summed E-state index contributed by atoms with van der Waals surface area (Å²) in [5.41, 5.74) is 1.48. The van der Waals surface area contributed by atoms with Gasteiger partial charge < -0.3 is 0 Å². The van der Waals surface area contributed by atoms with E-state index in [1.54, 1.807) is 0 Å². The highest BCUT2D eigenvalue weighted by Crippen LogP contribution is 2.30. The summed E-state index contributed by atoms with van der Waals surface area (Å²) in [6.45, 7) is 6.68. The van der Waals surface area contributed by atoms with E-state index in [0.717, 1.165) is 11.4 Å². The van der Waals surface area contributed by atoms with Gasteiger partial charge in [-0.1, -0.05) is 66.5 Å². The highest BCUT2D eigenvalue weighted by Gasteiger charge is 2.22. The normalized spacial score (nSPS) is 14.1. The van der Waals surface area contributed by atoms with Crippen molar-refractivity contribution >= 4 is 27.5 Å². The molecule has 0 aliphatic heterocycles. The van der Waals surface area contributed by atoms with Crippen LogP contribution in [-0.4, -0.2) is 4.83 Å². The van der Waals surface area contributed by atoms with E-state index in [1.165, 1.54) is 5.56 Å². The maximum absolute atomic E-state index is 6.10. The Morgan fingerprint density at radius 1 is 1.29 bits per heavy atom. The molecule has 0 fully saturated rings. The lowest BCUT2D eigenvalue weighted by molar-refractivity contribution is 0.398. The number of benzene rings is 1. The van der Waals surface area contributed by atoms with Crippen molar-refractivity contribution in [2.45, 2.75) is 32.0 Å². The van der Waals surface area contributed by atoms with Gasteiger partial charge in [0.15, 0.2) is 0 Å². The Balaban J connectivity index is 2.75. The van der Waals surface area contributed by atoms with Gasteiger partial charge in [-0.15, -0.1) is 0 Å². The fraction of sp³-hybridized carbons (Fsp3) is 0.500. The number of hydrogen-bond donors (Lipinski definition) is 0. The van der Waals surface area contributed by atoms with Crippen LogP contribution in [0.2, 0.25) is 5.02 Å². The average molecular weight is 276 g/mol. The van der Waals surface area contributed by atoms with Gasteiger partial charge in [-0.05, 0) is 23.5 Å². The van der Waals surface area contributed by atoms with Crippen LogP contribution in [0.5, 0.6) is 0 Å². The summed E-state index contributed by atoms with van der Waals surface area (Å²) in [6, 6.07) is 8.03. The lowest BCUT2D eigenvalue weighted by Crippen LogP contribution is -2.22. The molecular formula is C12H16BrCl. The number of alkyl halides is 1. The first-order valence-corrected chi connectivity index (χ1v) is 6.08. The molecule has 1 aromatic rings. The van der Waals surface area contributed by atoms with Crippen LogP contribution in [0.15, 0.2) is 24.3 Å². The van der Waals surface area contributed by atoms with Gasteiger partial charge in [0.2, 0.25) is 0 Å². The molecule has 0 saturated heterocycles. The van der Waals surface area contributed by atoms with E-state index in [0.29, 0.717) is 4.83 Å². The predicted octanol–water partition coefficient (Wildman–Crippen LogP) is 4.69. The molecule has 0 radical (unpaired) electrons. The van der Waals surface area contributed by atoms with E-state index in [4.69, 9.17) is 11.6 Å². The van der Waals surface area contributed by atoms with Crippen LogP contribution >= 0.6 is 27.5 Å². The van der Waals surface area contributed by atoms with Crippen molar-refractivity contribution in [3.63, 3.8) is 0 Å². The monoisotopic (exact) mass is 274 g/mol. The molecule has 0 N–H and O–H groups in total. The number of hydrogen-bond acceptors (Lipinski definition) is 0. The van der Waals surface area contributed by atoms with Crippen molar-refractivity contribution in [3.05, 3.63) is 34.9 Å². The van der Waals surface area contributed by atoms with Crippen molar-refractivity contribution in [1.29, 1.82) is 0 Å². The second kappa shape index (κ2) is 4.67. The van der Waals surface area contributed by atoms with Crippen LogP contribution in [0.1, 0.15) is 26.3 Å². The summed E-state index contributed by atoms with van der Waals surface area (Å²) in [5, 5.41) is 0.862. The first kappa shape index (κ1) is 12.1. The standard InChI is InChI=1S/C12H16BrCl/c1-12(2,3)11(13)8-9-6-4-5-7-10(9)14/h4-7,11H,8H2,1-3H3. The summed E-state index contributed by atoms with van der Waals surface area (Å²) in [6.07, 6.45) is 0.975. The Labute approximate surface area is 99.8 Å². The molecule has 0 amide bonds. The van der Waals surface area contributed by atoms with E-state index in [2.05, 4.69) is 42.8 Å². The molecule has 0 bridgehead atoms. The second-order valence-corrected chi connectivity index (χ2v) is 6.14. The van der Waals surface area contributed by atoms with Crippen molar-refractivity contribution in [2.24, 2.45) is 5.41 Å². The second-order valence-electron chi connectivity index (χ2n) is 4.63. The molecular weight excluding hydrogens is 259 g/mol. The number of halogens is 2. The Morgan fingerprint density at radius 3 is 2.36 bits per heavy atom. The third-order valence-corrected chi connectivity index (χ3v) is 4.36. The van der Waals surface area contributed by atoms with Crippen LogP contribution in [0.25, 0.3) is 0 Å². The maximum atomic E-state index is 6.10. The quantitative estimate of drug-likeness (QED) is 0.687. The minimum absolute atomic E-state index is 0.263. The molecule has 0 saturated carbocycles. The molecule has 2 heteroatoms. The first-order chi connectivity index (χ1) is 6.41. The Morgan fingerprint density at radius 2 is 1.86 bits per heavy atom. The summed E-state index contributed by atoms with van der Waals surface area (Å²) < 4.78 is 0. The van der Waals surface area contributed by atoms with Crippen molar-refractivity contribution < 1.29 is 0 Å². The molecule has 0 heterocycles. The highest BCUT2D eigenvalue weighted by molar-refractivity contribution is 9.09. The van der Waals surface area contributed by atoms with Crippen LogP contribution in [0.3, 0.4) is 0 Å². The topological polar surface area (TPSA) is 0 Å². The zero-order valence-corrected chi connectivity index (χ0v) is 11.2. The minimum atomic E-state index is 0.263. The van der Waals surface area contributed by atoms with Gasteiger partial charge in [0.25, 0.3) is 0 Å². The molecule has 1 atom stereocenters. The zero-order valence-electron chi connectivity index (χ0n) is 8.85. The average Bonchev–Trinajstić information content (AvgIpc) is 2.07. The van der Waals surface area contributed by atoms with Gasteiger partial charge in [-0.25, -0.2) is 0 Å². The fourth-order valence-electron chi connectivity index (χ4n) is 1.16. The molecule has 14 heavy (non-hydrogen) atoms. The Bertz CT molecular complexity index is 301. The molecule has 1 unspecified atom stereocenters. The molecule has 0 spiro atoms. The highest BCUT2D eigenvalue weighted by atomic mass is 79.9.